The van der Waals surface area contributed by atoms with Gasteiger partial charge in [-0.3, -0.25) is 14.5 Å². The van der Waals surface area contributed by atoms with E-state index in [1.807, 2.05) is 13.8 Å². The molecule has 0 spiro atoms. The van der Waals surface area contributed by atoms with Crippen molar-refractivity contribution >= 4 is 23.5 Å². The second-order valence-corrected chi connectivity index (χ2v) is 6.90. The molecule has 27 heavy (non-hydrogen) atoms. The summed E-state index contributed by atoms with van der Waals surface area (Å²) in [6, 6.07) is 5.28. The van der Waals surface area contributed by atoms with Crippen LogP contribution in [-0.2, 0) is 12.6 Å². The normalized spacial score (nSPS) is 11.3. The number of pyridine rings is 1. The quantitative estimate of drug-likeness (QED) is 0.700. The van der Waals surface area contributed by atoms with E-state index >= 15 is 0 Å². The van der Waals surface area contributed by atoms with E-state index in [4.69, 9.17) is 11.6 Å². The summed E-state index contributed by atoms with van der Waals surface area (Å²) in [4.78, 5) is 24.9. The van der Waals surface area contributed by atoms with Crippen molar-refractivity contribution in [1.82, 2.24) is 30.0 Å². The van der Waals surface area contributed by atoms with Gasteiger partial charge in [0.1, 0.15) is 5.69 Å². The van der Waals surface area contributed by atoms with Gasteiger partial charge in [0.25, 0.3) is 5.91 Å². The van der Waals surface area contributed by atoms with Crippen LogP contribution < -0.4 is 10.6 Å². The number of rotatable bonds is 5. The lowest BCUT2D eigenvalue weighted by molar-refractivity contribution is 0.0954. The molecule has 0 aromatic carbocycles. The van der Waals surface area contributed by atoms with E-state index in [-0.39, 0.29) is 5.91 Å². The number of carbonyl (C=O) groups is 1. The van der Waals surface area contributed by atoms with Crippen LogP contribution in [0.4, 0.5) is 5.95 Å². The van der Waals surface area contributed by atoms with Gasteiger partial charge in [-0.2, -0.15) is 5.10 Å². The van der Waals surface area contributed by atoms with Crippen molar-refractivity contribution in [3.63, 3.8) is 0 Å². The fraction of sp³-hybridized carbons (Fsp3) is 0.278. The van der Waals surface area contributed by atoms with Crippen LogP contribution in [0.15, 0.2) is 36.8 Å². The second-order valence-electron chi connectivity index (χ2n) is 6.50. The number of amides is 1. The van der Waals surface area contributed by atoms with Crippen LogP contribution in [0, 0.1) is 0 Å². The SMILES string of the molecule is CNC(=O)c1cc(-c2cnc(NC(C)(C)c3ncccc3Cl)nc2)nn1C. The number of aryl methyl sites for hydroxylation is 1. The van der Waals surface area contributed by atoms with Crippen molar-refractivity contribution in [1.29, 1.82) is 0 Å². The molecule has 3 aromatic rings. The summed E-state index contributed by atoms with van der Waals surface area (Å²) in [6.45, 7) is 3.90. The zero-order chi connectivity index (χ0) is 19.6. The van der Waals surface area contributed by atoms with Crippen LogP contribution in [0.1, 0.15) is 30.0 Å². The molecule has 3 heterocycles. The molecule has 0 saturated heterocycles. The van der Waals surface area contributed by atoms with Gasteiger partial charge in [-0.05, 0) is 32.0 Å². The number of aromatic nitrogens is 5. The van der Waals surface area contributed by atoms with Gasteiger partial charge in [0, 0.05) is 38.2 Å². The third kappa shape index (κ3) is 3.90. The highest BCUT2D eigenvalue weighted by Gasteiger charge is 2.25. The largest absolute Gasteiger partial charge is 0.354 e. The maximum Gasteiger partial charge on any atom is 0.269 e. The van der Waals surface area contributed by atoms with Gasteiger partial charge in [-0.25, -0.2) is 9.97 Å². The summed E-state index contributed by atoms with van der Waals surface area (Å²) in [7, 11) is 3.29. The molecule has 3 rings (SSSR count). The summed E-state index contributed by atoms with van der Waals surface area (Å²) >= 11 is 6.25. The van der Waals surface area contributed by atoms with Crippen molar-refractivity contribution in [2.45, 2.75) is 19.4 Å². The zero-order valence-electron chi connectivity index (χ0n) is 15.5. The van der Waals surface area contributed by atoms with E-state index in [0.29, 0.717) is 33.6 Å². The Morgan fingerprint density at radius 3 is 2.56 bits per heavy atom. The van der Waals surface area contributed by atoms with Crippen molar-refractivity contribution < 1.29 is 4.79 Å². The standard InChI is InChI=1S/C18H20ClN7O/c1-18(2,15-12(19)6-5-7-21-15)24-17-22-9-11(10-23-17)13-8-14(16(27)20-3)26(4)25-13/h5-10H,1-4H3,(H,20,27)(H,22,23,24). The molecule has 0 unspecified atom stereocenters. The summed E-state index contributed by atoms with van der Waals surface area (Å²) < 4.78 is 1.52. The van der Waals surface area contributed by atoms with Crippen LogP contribution >= 0.6 is 11.6 Å². The summed E-state index contributed by atoms with van der Waals surface area (Å²) in [5, 5.41) is 10.7. The number of nitrogens with one attached hydrogen (secondary N) is 2. The molecular weight excluding hydrogens is 366 g/mol. The van der Waals surface area contributed by atoms with E-state index in [1.54, 1.807) is 50.9 Å². The third-order valence-corrected chi connectivity index (χ3v) is 4.37. The van der Waals surface area contributed by atoms with Crippen molar-refractivity contribution in [3.05, 3.63) is 53.2 Å². The maximum atomic E-state index is 11.8. The molecule has 0 atom stereocenters. The molecule has 3 aromatic heterocycles. The highest BCUT2D eigenvalue weighted by atomic mass is 35.5. The number of nitrogens with zero attached hydrogens (tertiary/aromatic N) is 5. The average molecular weight is 386 g/mol. The topological polar surface area (TPSA) is 97.6 Å². The van der Waals surface area contributed by atoms with Crippen LogP contribution in [-0.4, -0.2) is 37.7 Å². The summed E-state index contributed by atoms with van der Waals surface area (Å²) in [5.41, 5.74) is 1.94. The number of carbonyl (C=O) groups excluding carboxylic acids is 1. The van der Waals surface area contributed by atoms with E-state index in [9.17, 15) is 4.79 Å². The Bertz CT molecular complexity index is 966. The van der Waals surface area contributed by atoms with Gasteiger partial charge in [0.2, 0.25) is 5.95 Å². The first-order chi connectivity index (χ1) is 12.8. The molecular formula is C18H20ClN7O. The molecule has 140 valence electrons. The molecule has 0 aliphatic heterocycles. The van der Waals surface area contributed by atoms with Crippen LogP contribution in [0.2, 0.25) is 5.02 Å². The minimum Gasteiger partial charge on any atom is -0.354 e. The molecule has 0 saturated carbocycles. The van der Waals surface area contributed by atoms with Gasteiger partial charge < -0.3 is 10.6 Å². The Kier molecular flexibility index (Phi) is 5.09. The Labute approximate surface area is 162 Å². The van der Waals surface area contributed by atoms with Crippen molar-refractivity contribution in [3.8, 4) is 11.3 Å². The van der Waals surface area contributed by atoms with Gasteiger partial charge >= 0.3 is 0 Å². The van der Waals surface area contributed by atoms with Crippen molar-refractivity contribution in [2.24, 2.45) is 7.05 Å². The molecule has 2 N–H and O–H groups in total. The fourth-order valence-electron chi connectivity index (χ4n) is 2.66. The first kappa shape index (κ1) is 18.8. The number of halogens is 1. The molecule has 0 radical (unpaired) electrons. The molecule has 9 heteroatoms. The lowest BCUT2D eigenvalue weighted by atomic mass is 10.00. The monoisotopic (exact) mass is 385 g/mol. The van der Waals surface area contributed by atoms with E-state index in [2.05, 4.69) is 30.7 Å². The van der Waals surface area contributed by atoms with Crippen molar-refractivity contribution in [2.75, 3.05) is 12.4 Å². The Balaban J connectivity index is 1.82. The van der Waals surface area contributed by atoms with E-state index < -0.39 is 5.54 Å². The van der Waals surface area contributed by atoms with Crippen LogP contribution in [0.5, 0.6) is 0 Å². The predicted molar refractivity (Wildman–Crippen MR) is 104 cm³/mol. The fourth-order valence-corrected chi connectivity index (χ4v) is 3.02. The minimum absolute atomic E-state index is 0.204. The molecule has 8 nitrogen and oxygen atoms in total. The number of anilines is 1. The average Bonchev–Trinajstić information content (AvgIpc) is 3.03. The predicted octanol–water partition coefficient (Wildman–Crippen LogP) is 2.63. The van der Waals surface area contributed by atoms with E-state index in [1.165, 1.54) is 4.68 Å². The van der Waals surface area contributed by atoms with Crippen LogP contribution in [0.25, 0.3) is 11.3 Å². The number of hydrogen-bond donors (Lipinski definition) is 2. The lowest BCUT2D eigenvalue weighted by Crippen LogP contribution is -2.30. The van der Waals surface area contributed by atoms with Gasteiger partial charge in [-0.15, -0.1) is 0 Å². The number of hydrogen-bond acceptors (Lipinski definition) is 6. The van der Waals surface area contributed by atoms with Gasteiger partial charge in [-0.1, -0.05) is 11.6 Å². The molecule has 0 aliphatic carbocycles. The van der Waals surface area contributed by atoms with Gasteiger partial charge in [0.15, 0.2) is 0 Å². The Morgan fingerprint density at radius 2 is 1.93 bits per heavy atom. The molecule has 0 bridgehead atoms. The third-order valence-electron chi connectivity index (χ3n) is 4.06. The first-order valence-corrected chi connectivity index (χ1v) is 8.67. The minimum atomic E-state index is -0.558. The Hall–Kier alpha value is -3.00. The lowest BCUT2D eigenvalue weighted by Gasteiger charge is -2.26. The molecule has 1 amide bonds. The highest BCUT2D eigenvalue weighted by molar-refractivity contribution is 6.31. The highest BCUT2D eigenvalue weighted by Crippen LogP contribution is 2.28. The Morgan fingerprint density at radius 1 is 1.22 bits per heavy atom. The van der Waals surface area contributed by atoms with Crippen LogP contribution in [0.3, 0.4) is 0 Å². The second kappa shape index (κ2) is 7.32. The first-order valence-electron chi connectivity index (χ1n) is 8.29. The maximum absolute atomic E-state index is 11.8. The zero-order valence-corrected chi connectivity index (χ0v) is 16.2. The summed E-state index contributed by atoms with van der Waals surface area (Å²) in [5.74, 6) is 0.234. The summed E-state index contributed by atoms with van der Waals surface area (Å²) in [6.07, 6.45) is 5.00. The molecule has 0 fully saturated rings. The smallest absolute Gasteiger partial charge is 0.269 e. The molecule has 0 aliphatic rings. The van der Waals surface area contributed by atoms with Gasteiger partial charge in [0.05, 0.1) is 21.9 Å². The van der Waals surface area contributed by atoms with E-state index in [0.717, 1.165) is 0 Å².